The fourth-order valence-electron chi connectivity index (χ4n) is 4.84. The van der Waals surface area contributed by atoms with Gasteiger partial charge in [0.2, 0.25) is 5.78 Å². The monoisotopic (exact) mass is 556 g/mol. The van der Waals surface area contributed by atoms with Crippen LogP contribution < -0.4 is 11.3 Å². The average molecular weight is 557 g/mol. The van der Waals surface area contributed by atoms with Crippen LogP contribution in [0.5, 0.6) is 0 Å². The Bertz CT molecular complexity index is 1680. The van der Waals surface area contributed by atoms with Gasteiger partial charge in [0, 0.05) is 11.5 Å². The lowest BCUT2D eigenvalue weighted by molar-refractivity contribution is -0.146. The zero-order valence-electron chi connectivity index (χ0n) is 19.7. The van der Waals surface area contributed by atoms with Crippen LogP contribution in [0.15, 0.2) is 29.3 Å². The van der Waals surface area contributed by atoms with Crippen molar-refractivity contribution in [3.05, 3.63) is 62.1 Å². The standard InChI is InChI=1S/C23H18ClFN8O4S/c1-10-19(38-22(26)28-10)15(34)8-37-20(36)14-7-23(4-5-23)21-29-12(6-16(35)33(14)21)17-13(32-9-27-30-31-32)3-2-11(24)18(17)25/h2-3,6,9,14H,4-5,7-8H2,1H3,(H2,26,28). The number of tetrazole rings is 1. The van der Waals surface area contributed by atoms with Gasteiger partial charge in [0.05, 0.1) is 32.5 Å². The van der Waals surface area contributed by atoms with E-state index in [1.54, 1.807) is 6.92 Å². The van der Waals surface area contributed by atoms with Gasteiger partial charge < -0.3 is 10.5 Å². The van der Waals surface area contributed by atoms with Crippen molar-refractivity contribution in [2.24, 2.45) is 0 Å². The number of ketones is 1. The third kappa shape index (κ3) is 3.87. The summed E-state index contributed by atoms with van der Waals surface area (Å²) in [6.45, 7) is 1.13. The van der Waals surface area contributed by atoms with E-state index in [0.29, 0.717) is 29.2 Å². The summed E-state index contributed by atoms with van der Waals surface area (Å²) >= 11 is 7.07. The number of ether oxygens (including phenoxy) is 1. The van der Waals surface area contributed by atoms with Crippen molar-refractivity contribution in [1.82, 2.24) is 34.7 Å². The molecule has 1 atom stereocenters. The number of aryl methyl sites for hydroxylation is 1. The molecule has 1 aliphatic heterocycles. The number of anilines is 1. The van der Waals surface area contributed by atoms with Crippen LogP contribution in [0.4, 0.5) is 9.52 Å². The molecule has 6 rings (SSSR count). The number of nitrogens with two attached hydrogens (primary N) is 1. The molecule has 1 spiro atoms. The highest BCUT2D eigenvalue weighted by Crippen LogP contribution is 2.57. The Morgan fingerprint density at radius 2 is 2.11 bits per heavy atom. The summed E-state index contributed by atoms with van der Waals surface area (Å²) in [7, 11) is 0. The maximum Gasteiger partial charge on any atom is 0.329 e. The number of nitrogens with zero attached hydrogens (tertiary/aromatic N) is 7. The highest BCUT2D eigenvalue weighted by Gasteiger charge is 2.56. The molecule has 194 valence electrons. The van der Waals surface area contributed by atoms with E-state index in [4.69, 9.17) is 22.1 Å². The molecule has 0 amide bonds. The zero-order chi connectivity index (χ0) is 26.8. The molecule has 38 heavy (non-hydrogen) atoms. The molecule has 15 heteroatoms. The van der Waals surface area contributed by atoms with Crippen LogP contribution in [-0.4, -0.2) is 53.1 Å². The van der Waals surface area contributed by atoms with Gasteiger partial charge in [-0.2, -0.15) is 4.68 Å². The van der Waals surface area contributed by atoms with Gasteiger partial charge in [0.15, 0.2) is 17.6 Å². The molecule has 1 aromatic carbocycles. The Kier molecular flexibility index (Phi) is 5.61. The van der Waals surface area contributed by atoms with Crippen molar-refractivity contribution in [1.29, 1.82) is 0 Å². The second kappa shape index (κ2) is 8.77. The number of Topliss-reactive ketones (excluding diaryl/α,β-unsaturated/α-hetero) is 1. The number of hydrogen-bond donors (Lipinski definition) is 1. The lowest BCUT2D eigenvalue weighted by Crippen LogP contribution is -2.30. The van der Waals surface area contributed by atoms with E-state index < -0.39 is 41.2 Å². The SMILES string of the molecule is Cc1nc(N)sc1C(=O)COC(=O)C1CC2(CC2)c2nc(-c3c(-n4cnnn4)ccc(Cl)c3F)cc(=O)n21. The van der Waals surface area contributed by atoms with Crippen LogP contribution in [0, 0.1) is 12.7 Å². The largest absolute Gasteiger partial charge is 0.456 e. The van der Waals surface area contributed by atoms with Gasteiger partial charge in [-0.15, -0.1) is 5.10 Å². The molecule has 0 radical (unpaired) electrons. The van der Waals surface area contributed by atoms with Crippen LogP contribution in [0.25, 0.3) is 16.9 Å². The Hall–Kier alpha value is -4.04. The summed E-state index contributed by atoms with van der Waals surface area (Å²) < 4.78 is 23.1. The molecule has 2 aliphatic rings. The number of rotatable bonds is 6. The number of esters is 1. The first-order valence-electron chi connectivity index (χ1n) is 11.5. The topological polar surface area (TPSA) is 161 Å². The Labute approximate surface area is 222 Å². The number of aromatic nitrogens is 7. The van der Waals surface area contributed by atoms with Gasteiger partial charge in [0.25, 0.3) is 5.56 Å². The Balaban J connectivity index is 1.35. The van der Waals surface area contributed by atoms with Crippen molar-refractivity contribution < 1.29 is 18.7 Å². The van der Waals surface area contributed by atoms with Gasteiger partial charge in [-0.1, -0.05) is 22.9 Å². The predicted octanol–water partition coefficient (Wildman–Crippen LogP) is 2.43. The minimum atomic E-state index is -0.967. The van der Waals surface area contributed by atoms with Gasteiger partial charge in [-0.25, -0.2) is 19.2 Å². The Morgan fingerprint density at radius 1 is 1.32 bits per heavy atom. The molecule has 1 aliphatic carbocycles. The van der Waals surface area contributed by atoms with E-state index in [1.165, 1.54) is 27.7 Å². The first kappa shape index (κ1) is 24.3. The third-order valence-corrected chi connectivity index (χ3v) is 8.10. The summed E-state index contributed by atoms with van der Waals surface area (Å²) in [6, 6.07) is 3.05. The molecule has 4 aromatic rings. The molecule has 1 saturated carbocycles. The Morgan fingerprint density at radius 3 is 2.76 bits per heavy atom. The lowest BCUT2D eigenvalue weighted by atomic mass is 10.0. The van der Waals surface area contributed by atoms with Crippen LogP contribution in [0.2, 0.25) is 5.02 Å². The van der Waals surface area contributed by atoms with E-state index in [1.807, 2.05) is 0 Å². The minimum absolute atomic E-state index is 0.0421. The number of fused-ring (bicyclic) bond motifs is 2. The van der Waals surface area contributed by atoms with E-state index in [0.717, 1.165) is 17.4 Å². The van der Waals surface area contributed by atoms with Gasteiger partial charge in [-0.05, 0) is 48.7 Å². The molecule has 3 aromatic heterocycles. The van der Waals surface area contributed by atoms with E-state index in [2.05, 4.69) is 25.5 Å². The number of thiazole rings is 1. The summed E-state index contributed by atoms with van der Waals surface area (Å²) in [5, 5.41) is 11.1. The molecule has 12 nitrogen and oxygen atoms in total. The second-order valence-electron chi connectivity index (χ2n) is 9.18. The number of hydrogen-bond acceptors (Lipinski definition) is 11. The highest BCUT2D eigenvalue weighted by atomic mass is 35.5. The molecule has 0 bridgehead atoms. The van der Waals surface area contributed by atoms with Crippen molar-refractivity contribution in [3.8, 4) is 16.9 Å². The van der Waals surface area contributed by atoms with E-state index >= 15 is 4.39 Å². The summed E-state index contributed by atoms with van der Waals surface area (Å²) in [5.41, 5.74) is 5.27. The second-order valence-corrected chi connectivity index (χ2v) is 10.6. The van der Waals surface area contributed by atoms with Crippen molar-refractivity contribution in [2.45, 2.75) is 37.6 Å². The number of halogens is 2. The summed E-state index contributed by atoms with van der Waals surface area (Å²) in [6.07, 6.45) is 2.96. The zero-order valence-corrected chi connectivity index (χ0v) is 21.3. The van der Waals surface area contributed by atoms with Gasteiger partial charge in [0.1, 0.15) is 18.2 Å². The van der Waals surface area contributed by atoms with Crippen molar-refractivity contribution in [2.75, 3.05) is 12.3 Å². The van der Waals surface area contributed by atoms with Crippen molar-refractivity contribution in [3.63, 3.8) is 0 Å². The molecule has 1 fully saturated rings. The van der Waals surface area contributed by atoms with Crippen LogP contribution in [0.1, 0.15) is 46.5 Å². The van der Waals surface area contributed by atoms with Gasteiger partial charge >= 0.3 is 5.97 Å². The molecule has 1 unspecified atom stereocenters. The fraction of sp³-hybridized carbons (Fsp3) is 0.304. The average Bonchev–Trinajstić information content (AvgIpc) is 3.17. The lowest BCUT2D eigenvalue weighted by Gasteiger charge is -2.15. The minimum Gasteiger partial charge on any atom is -0.456 e. The van der Waals surface area contributed by atoms with Crippen LogP contribution >= 0.6 is 22.9 Å². The first-order valence-corrected chi connectivity index (χ1v) is 12.7. The summed E-state index contributed by atoms with van der Waals surface area (Å²) in [4.78, 5) is 47.9. The third-order valence-electron chi connectivity index (χ3n) is 6.78. The maximum atomic E-state index is 15.3. The van der Waals surface area contributed by atoms with E-state index in [-0.39, 0.29) is 33.5 Å². The number of carbonyl (C=O) groups excluding carboxylic acids is 2. The van der Waals surface area contributed by atoms with Crippen LogP contribution in [0.3, 0.4) is 0 Å². The smallest absolute Gasteiger partial charge is 0.329 e. The molecule has 2 N–H and O–H groups in total. The molecular formula is C23H18ClFN8O4S. The van der Waals surface area contributed by atoms with Crippen molar-refractivity contribution >= 4 is 39.8 Å². The quantitative estimate of drug-likeness (QED) is 0.276. The normalized spacial score (nSPS) is 17.0. The molecule has 0 saturated heterocycles. The fourth-order valence-corrected chi connectivity index (χ4v) is 5.75. The predicted molar refractivity (Wildman–Crippen MR) is 133 cm³/mol. The molecule has 4 heterocycles. The number of benzene rings is 1. The molecular weight excluding hydrogens is 539 g/mol. The summed E-state index contributed by atoms with van der Waals surface area (Å²) in [5.74, 6) is -1.58. The number of carbonyl (C=O) groups is 2. The maximum absolute atomic E-state index is 15.3. The van der Waals surface area contributed by atoms with Crippen LogP contribution in [-0.2, 0) is 14.9 Å². The highest BCUT2D eigenvalue weighted by molar-refractivity contribution is 7.17. The number of nitrogen functional groups attached to an aromatic ring is 1. The van der Waals surface area contributed by atoms with Gasteiger partial charge in [-0.3, -0.25) is 14.2 Å². The van der Waals surface area contributed by atoms with E-state index in [9.17, 15) is 14.4 Å². The first-order chi connectivity index (χ1) is 18.2.